The van der Waals surface area contributed by atoms with E-state index in [1.807, 2.05) is 13.0 Å². The monoisotopic (exact) mass is 352 g/mol. The minimum absolute atomic E-state index is 0.0453. The second-order valence-corrected chi connectivity index (χ2v) is 7.21. The summed E-state index contributed by atoms with van der Waals surface area (Å²) in [6.07, 6.45) is 1.41. The highest BCUT2D eigenvalue weighted by Gasteiger charge is 2.16. The Hall–Kier alpha value is -3.14. The molecule has 0 radical (unpaired) electrons. The molecule has 0 spiro atoms. The summed E-state index contributed by atoms with van der Waals surface area (Å²) in [5.74, 6) is 0.708. The lowest BCUT2D eigenvalue weighted by atomic mass is 9.97. The number of nitrogens with one attached hydrogen (secondary N) is 3. The average Bonchev–Trinajstić information content (AvgIpc) is 2.60. The first-order valence-corrected chi connectivity index (χ1v) is 8.34. The van der Waals surface area contributed by atoms with Gasteiger partial charge in [0.1, 0.15) is 23.8 Å². The van der Waals surface area contributed by atoms with Crippen molar-refractivity contribution in [2.75, 3.05) is 24.2 Å². The first-order valence-electron chi connectivity index (χ1n) is 8.34. The topological polar surface area (TPSA) is 103 Å². The summed E-state index contributed by atoms with van der Waals surface area (Å²) in [6, 6.07) is 7.49. The fraction of sp³-hybridized carbons (Fsp3) is 0.368. The molecule has 0 aliphatic heterocycles. The van der Waals surface area contributed by atoms with E-state index in [2.05, 4.69) is 52.8 Å². The van der Waals surface area contributed by atoms with E-state index in [4.69, 9.17) is 0 Å². The standard InChI is InChI=1S/C19H24N6O/c1-12-6-7-13(18(26)21-5)8-15(12)25-17-14(9-20)16(23-11-24-17)22-10-19(2,3)4/h6-8,11H,10H2,1-5H3,(H,21,26)(H2,22,23,24,25). The first-order chi connectivity index (χ1) is 12.2. The largest absolute Gasteiger partial charge is 0.368 e. The highest BCUT2D eigenvalue weighted by atomic mass is 16.1. The zero-order valence-corrected chi connectivity index (χ0v) is 15.8. The van der Waals surface area contributed by atoms with Crippen LogP contribution in [0.4, 0.5) is 17.3 Å². The van der Waals surface area contributed by atoms with E-state index in [9.17, 15) is 10.1 Å². The second kappa shape index (κ2) is 7.83. The summed E-state index contributed by atoms with van der Waals surface area (Å²) in [5, 5.41) is 18.5. The van der Waals surface area contributed by atoms with E-state index < -0.39 is 0 Å². The van der Waals surface area contributed by atoms with Crippen molar-refractivity contribution >= 4 is 23.2 Å². The Kier molecular flexibility index (Phi) is 5.78. The number of carbonyl (C=O) groups excluding carboxylic acids is 1. The van der Waals surface area contributed by atoms with Gasteiger partial charge in [0.05, 0.1) is 0 Å². The van der Waals surface area contributed by atoms with E-state index in [0.717, 1.165) is 5.56 Å². The van der Waals surface area contributed by atoms with Gasteiger partial charge >= 0.3 is 0 Å². The maximum absolute atomic E-state index is 11.9. The Morgan fingerprint density at radius 3 is 2.54 bits per heavy atom. The van der Waals surface area contributed by atoms with Gasteiger partial charge in [0, 0.05) is 24.8 Å². The number of benzene rings is 1. The summed E-state index contributed by atoms with van der Waals surface area (Å²) < 4.78 is 0. The summed E-state index contributed by atoms with van der Waals surface area (Å²) in [7, 11) is 1.58. The summed E-state index contributed by atoms with van der Waals surface area (Å²) in [6.45, 7) is 8.88. The SMILES string of the molecule is CNC(=O)c1ccc(C)c(Nc2ncnc(NCC(C)(C)C)c2C#N)c1. The van der Waals surface area contributed by atoms with Crippen LogP contribution in [-0.2, 0) is 0 Å². The molecule has 1 amide bonds. The molecule has 1 heterocycles. The van der Waals surface area contributed by atoms with Crippen LogP contribution in [0.1, 0.15) is 42.3 Å². The summed E-state index contributed by atoms with van der Waals surface area (Å²) in [4.78, 5) is 20.2. The van der Waals surface area contributed by atoms with E-state index >= 15 is 0 Å². The average molecular weight is 352 g/mol. The molecule has 2 aromatic rings. The predicted octanol–water partition coefficient (Wildman–Crippen LogP) is 3.22. The van der Waals surface area contributed by atoms with E-state index in [0.29, 0.717) is 35.0 Å². The molecule has 0 saturated heterocycles. The van der Waals surface area contributed by atoms with Gasteiger partial charge in [-0.15, -0.1) is 0 Å². The van der Waals surface area contributed by atoms with Gasteiger partial charge in [-0.25, -0.2) is 9.97 Å². The number of aryl methyl sites for hydroxylation is 1. The molecule has 0 aliphatic rings. The molecule has 0 aliphatic carbocycles. The third-order valence-electron chi connectivity index (χ3n) is 3.73. The van der Waals surface area contributed by atoms with Gasteiger partial charge in [-0.2, -0.15) is 5.26 Å². The van der Waals surface area contributed by atoms with Crippen LogP contribution in [0.5, 0.6) is 0 Å². The highest BCUT2D eigenvalue weighted by Crippen LogP contribution is 2.26. The number of nitriles is 1. The molecular weight excluding hydrogens is 328 g/mol. The van der Waals surface area contributed by atoms with Gasteiger partial charge < -0.3 is 16.0 Å². The zero-order chi connectivity index (χ0) is 19.3. The van der Waals surface area contributed by atoms with E-state index in [1.54, 1.807) is 19.2 Å². The Bertz CT molecular complexity index is 848. The normalized spacial score (nSPS) is 10.8. The van der Waals surface area contributed by atoms with Crippen LogP contribution in [0.25, 0.3) is 0 Å². The minimum Gasteiger partial charge on any atom is -0.368 e. The van der Waals surface area contributed by atoms with Crippen LogP contribution in [0.2, 0.25) is 0 Å². The number of aromatic nitrogens is 2. The molecule has 2 rings (SSSR count). The molecule has 0 saturated carbocycles. The van der Waals surface area contributed by atoms with Crippen molar-refractivity contribution in [2.24, 2.45) is 5.41 Å². The molecule has 136 valence electrons. The minimum atomic E-state index is -0.177. The molecule has 7 heteroatoms. The van der Waals surface area contributed by atoms with Crippen LogP contribution in [0.15, 0.2) is 24.5 Å². The van der Waals surface area contributed by atoms with Crippen molar-refractivity contribution in [2.45, 2.75) is 27.7 Å². The Labute approximate surface area is 153 Å². The number of nitrogens with zero attached hydrogens (tertiary/aromatic N) is 3. The number of anilines is 3. The van der Waals surface area contributed by atoms with Crippen LogP contribution in [0, 0.1) is 23.7 Å². The van der Waals surface area contributed by atoms with Crippen molar-refractivity contribution in [3.8, 4) is 6.07 Å². The fourth-order valence-corrected chi connectivity index (χ4v) is 2.24. The van der Waals surface area contributed by atoms with Gasteiger partial charge in [0.2, 0.25) is 0 Å². The smallest absolute Gasteiger partial charge is 0.251 e. The number of hydrogen-bond acceptors (Lipinski definition) is 6. The van der Waals surface area contributed by atoms with E-state index in [1.165, 1.54) is 6.33 Å². The molecule has 0 fully saturated rings. The number of hydrogen-bond donors (Lipinski definition) is 3. The summed E-state index contributed by atoms with van der Waals surface area (Å²) in [5.41, 5.74) is 2.55. The third kappa shape index (κ3) is 4.70. The van der Waals surface area contributed by atoms with Gasteiger partial charge in [-0.3, -0.25) is 4.79 Å². The molecule has 0 bridgehead atoms. The van der Waals surface area contributed by atoms with E-state index in [-0.39, 0.29) is 11.3 Å². The number of amides is 1. The van der Waals surface area contributed by atoms with Gasteiger partial charge in [0.15, 0.2) is 5.82 Å². The highest BCUT2D eigenvalue weighted by molar-refractivity contribution is 5.95. The lowest BCUT2D eigenvalue weighted by molar-refractivity contribution is 0.0963. The molecule has 1 aromatic carbocycles. The molecule has 0 unspecified atom stereocenters. The van der Waals surface area contributed by atoms with Gasteiger partial charge in [-0.1, -0.05) is 26.8 Å². The Morgan fingerprint density at radius 1 is 1.23 bits per heavy atom. The van der Waals surface area contributed by atoms with Gasteiger partial charge in [-0.05, 0) is 30.0 Å². The molecule has 7 nitrogen and oxygen atoms in total. The van der Waals surface area contributed by atoms with Crippen LogP contribution >= 0.6 is 0 Å². The lowest BCUT2D eigenvalue weighted by Gasteiger charge is -2.20. The van der Waals surface area contributed by atoms with Crippen molar-refractivity contribution < 1.29 is 4.79 Å². The fourth-order valence-electron chi connectivity index (χ4n) is 2.24. The molecular formula is C19H24N6O. The third-order valence-corrected chi connectivity index (χ3v) is 3.73. The maximum atomic E-state index is 11.9. The quantitative estimate of drug-likeness (QED) is 0.763. The molecule has 3 N–H and O–H groups in total. The molecule has 0 atom stereocenters. The van der Waals surface area contributed by atoms with Crippen molar-refractivity contribution in [3.05, 3.63) is 41.2 Å². The number of rotatable bonds is 5. The first kappa shape index (κ1) is 19.2. The van der Waals surface area contributed by atoms with Crippen LogP contribution in [0.3, 0.4) is 0 Å². The van der Waals surface area contributed by atoms with Crippen LogP contribution < -0.4 is 16.0 Å². The molecule has 1 aromatic heterocycles. The predicted molar refractivity (Wildman–Crippen MR) is 103 cm³/mol. The zero-order valence-electron chi connectivity index (χ0n) is 15.8. The maximum Gasteiger partial charge on any atom is 0.251 e. The lowest BCUT2D eigenvalue weighted by Crippen LogP contribution is -2.20. The van der Waals surface area contributed by atoms with Crippen molar-refractivity contribution in [1.82, 2.24) is 15.3 Å². The second-order valence-electron chi connectivity index (χ2n) is 7.21. The summed E-state index contributed by atoms with van der Waals surface area (Å²) >= 11 is 0. The van der Waals surface area contributed by atoms with Crippen molar-refractivity contribution in [1.29, 1.82) is 5.26 Å². The van der Waals surface area contributed by atoms with Crippen molar-refractivity contribution in [3.63, 3.8) is 0 Å². The molecule has 26 heavy (non-hydrogen) atoms. The number of carbonyl (C=O) groups is 1. The van der Waals surface area contributed by atoms with Gasteiger partial charge in [0.25, 0.3) is 5.91 Å². The Balaban J connectivity index is 2.35. The Morgan fingerprint density at radius 2 is 1.92 bits per heavy atom. The van der Waals surface area contributed by atoms with Crippen LogP contribution in [-0.4, -0.2) is 29.5 Å².